The van der Waals surface area contributed by atoms with Gasteiger partial charge in [-0.3, -0.25) is 4.79 Å². The van der Waals surface area contributed by atoms with E-state index in [1.165, 1.54) is 11.6 Å². The molecule has 0 fully saturated rings. The van der Waals surface area contributed by atoms with Gasteiger partial charge in [0.25, 0.3) is 0 Å². The molecule has 0 bridgehead atoms. The lowest BCUT2D eigenvalue weighted by molar-refractivity contribution is -0.134. The van der Waals surface area contributed by atoms with Crippen molar-refractivity contribution in [1.82, 2.24) is 0 Å². The maximum atomic E-state index is 11.6. The van der Waals surface area contributed by atoms with Gasteiger partial charge >= 0.3 is 5.97 Å². The van der Waals surface area contributed by atoms with Crippen LogP contribution in [0, 0.1) is 0 Å². The molecule has 0 spiro atoms. The first-order chi connectivity index (χ1) is 9.25. The summed E-state index contributed by atoms with van der Waals surface area (Å²) in [5.74, 6) is -0.122. The van der Waals surface area contributed by atoms with Gasteiger partial charge in [0.1, 0.15) is 0 Å². The van der Waals surface area contributed by atoms with Gasteiger partial charge in [-0.15, -0.1) is 0 Å². The van der Waals surface area contributed by atoms with Crippen molar-refractivity contribution >= 4 is 5.97 Å². The lowest BCUT2D eigenvalue weighted by Crippen LogP contribution is -2.08. The number of para-hydroxylation sites is 2. The number of phenolic OH excluding ortho intramolecular Hbond substituents is 1. The molecule has 0 radical (unpaired) electrons. The number of hydrogen-bond acceptors (Lipinski definition) is 3. The maximum absolute atomic E-state index is 11.6. The van der Waals surface area contributed by atoms with Gasteiger partial charge in [-0.1, -0.05) is 42.5 Å². The highest BCUT2D eigenvalue weighted by Gasteiger charge is 2.07. The number of esters is 1. The Labute approximate surface area is 112 Å². The molecule has 0 aliphatic rings. The largest absolute Gasteiger partial charge is 0.504 e. The van der Waals surface area contributed by atoms with Crippen molar-refractivity contribution in [3.05, 3.63) is 60.2 Å². The van der Waals surface area contributed by atoms with E-state index in [0.717, 1.165) is 12.8 Å². The Balaban J connectivity index is 1.78. The lowest BCUT2D eigenvalue weighted by atomic mass is 10.1. The van der Waals surface area contributed by atoms with Gasteiger partial charge in [0.2, 0.25) is 0 Å². The molecule has 2 aromatic rings. The predicted octanol–water partition coefficient (Wildman–Crippen LogP) is 3.32. The standard InChI is InChI=1S/C16H16O3/c17-14-10-4-5-11-15(14)19-16(18)12-6-9-13-7-2-1-3-8-13/h1-5,7-8,10-11,17H,6,9,12H2. The van der Waals surface area contributed by atoms with E-state index < -0.39 is 0 Å². The summed E-state index contributed by atoms with van der Waals surface area (Å²) in [7, 11) is 0. The third-order valence-corrected chi connectivity index (χ3v) is 2.78. The number of carbonyl (C=O) groups is 1. The minimum Gasteiger partial charge on any atom is -0.504 e. The lowest BCUT2D eigenvalue weighted by Gasteiger charge is -2.05. The zero-order chi connectivity index (χ0) is 13.5. The number of aromatic hydroxyl groups is 1. The number of ether oxygens (including phenoxy) is 1. The third-order valence-electron chi connectivity index (χ3n) is 2.78. The monoisotopic (exact) mass is 256 g/mol. The van der Waals surface area contributed by atoms with Gasteiger partial charge in [-0.05, 0) is 30.5 Å². The fourth-order valence-electron chi connectivity index (χ4n) is 1.80. The number of phenols is 1. The molecule has 0 saturated carbocycles. The second-order valence-electron chi connectivity index (χ2n) is 4.28. The minimum atomic E-state index is -0.322. The molecule has 98 valence electrons. The van der Waals surface area contributed by atoms with Crippen LogP contribution >= 0.6 is 0 Å². The topological polar surface area (TPSA) is 46.5 Å². The Hall–Kier alpha value is -2.29. The van der Waals surface area contributed by atoms with Crippen LogP contribution in [0.25, 0.3) is 0 Å². The molecule has 0 amide bonds. The van der Waals surface area contributed by atoms with Crippen LogP contribution in [0.2, 0.25) is 0 Å². The average molecular weight is 256 g/mol. The summed E-state index contributed by atoms with van der Waals surface area (Å²) in [6.07, 6.45) is 1.91. The summed E-state index contributed by atoms with van der Waals surface area (Å²) in [5.41, 5.74) is 1.21. The molecule has 2 rings (SSSR count). The molecule has 0 aliphatic heterocycles. The summed E-state index contributed by atoms with van der Waals surface area (Å²) in [6.45, 7) is 0. The molecule has 0 aliphatic carbocycles. The van der Waals surface area contributed by atoms with E-state index in [1.54, 1.807) is 18.2 Å². The Morgan fingerprint density at radius 2 is 1.68 bits per heavy atom. The van der Waals surface area contributed by atoms with Gasteiger partial charge < -0.3 is 9.84 Å². The molecule has 3 nitrogen and oxygen atoms in total. The summed E-state index contributed by atoms with van der Waals surface area (Å²) >= 11 is 0. The van der Waals surface area contributed by atoms with Crippen molar-refractivity contribution < 1.29 is 14.6 Å². The summed E-state index contributed by atoms with van der Waals surface area (Å²) in [6, 6.07) is 16.5. The van der Waals surface area contributed by atoms with E-state index in [9.17, 15) is 9.90 Å². The number of carbonyl (C=O) groups excluding carboxylic acids is 1. The van der Waals surface area contributed by atoms with Crippen molar-refractivity contribution in [1.29, 1.82) is 0 Å². The van der Waals surface area contributed by atoms with Crippen LogP contribution in [0.4, 0.5) is 0 Å². The Morgan fingerprint density at radius 3 is 2.42 bits per heavy atom. The van der Waals surface area contributed by atoms with Crippen LogP contribution in [0.15, 0.2) is 54.6 Å². The SMILES string of the molecule is O=C(CCCc1ccccc1)Oc1ccccc1O. The molecule has 1 N–H and O–H groups in total. The zero-order valence-electron chi connectivity index (χ0n) is 10.6. The summed E-state index contributed by atoms with van der Waals surface area (Å²) in [4.78, 5) is 11.6. The Kier molecular flexibility index (Phi) is 4.56. The van der Waals surface area contributed by atoms with Crippen LogP contribution in [-0.2, 0) is 11.2 Å². The van der Waals surface area contributed by atoms with Crippen LogP contribution in [0.1, 0.15) is 18.4 Å². The fraction of sp³-hybridized carbons (Fsp3) is 0.188. The Bertz CT molecular complexity index is 535. The van der Waals surface area contributed by atoms with Crippen molar-refractivity contribution in [3.8, 4) is 11.5 Å². The molecule has 0 unspecified atom stereocenters. The molecule has 2 aromatic carbocycles. The van der Waals surface area contributed by atoms with Crippen molar-refractivity contribution in [2.24, 2.45) is 0 Å². The maximum Gasteiger partial charge on any atom is 0.311 e. The minimum absolute atomic E-state index is 0.0149. The first-order valence-electron chi connectivity index (χ1n) is 6.28. The Morgan fingerprint density at radius 1 is 1.00 bits per heavy atom. The number of benzene rings is 2. The second-order valence-corrected chi connectivity index (χ2v) is 4.28. The molecule has 0 heterocycles. The van der Waals surface area contributed by atoms with Crippen molar-refractivity contribution in [2.45, 2.75) is 19.3 Å². The van der Waals surface area contributed by atoms with E-state index in [1.807, 2.05) is 30.3 Å². The number of aryl methyl sites for hydroxylation is 1. The molecule has 0 atom stereocenters. The normalized spacial score (nSPS) is 10.1. The predicted molar refractivity (Wildman–Crippen MR) is 73.1 cm³/mol. The fourth-order valence-corrected chi connectivity index (χ4v) is 1.80. The van der Waals surface area contributed by atoms with Gasteiger partial charge in [0.15, 0.2) is 11.5 Å². The molecular weight excluding hydrogens is 240 g/mol. The summed E-state index contributed by atoms with van der Waals surface area (Å²) < 4.78 is 5.09. The zero-order valence-corrected chi connectivity index (χ0v) is 10.6. The second kappa shape index (κ2) is 6.59. The van der Waals surface area contributed by atoms with Crippen LogP contribution in [0.5, 0.6) is 11.5 Å². The molecule has 19 heavy (non-hydrogen) atoms. The third kappa shape index (κ3) is 4.14. The van der Waals surface area contributed by atoms with Gasteiger partial charge in [0, 0.05) is 6.42 Å². The average Bonchev–Trinajstić information content (AvgIpc) is 2.43. The molecule has 0 saturated heterocycles. The highest BCUT2D eigenvalue weighted by Crippen LogP contribution is 2.24. The van der Waals surface area contributed by atoms with E-state index in [0.29, 0.717) is 6.42 Å². The van der Waals surface area contributed by atoms with E-state index in [2.05, 4.69) is 0 Å². The van der Waals surface area contributed by atoms with Crippen LogP contribution in [-0.4, -0.2) is 11.1 Å². The molecule has 0 aromatic heterocycles. The summed E-state index contributed by atoms with van der Waals surface area (Å²) in [5, 5.41) is 9.49. The number of hydrogen-bond donors (Lipinski definition) is 1. The highest BCUT2D eigenvalue weighted by atomic mass is 16.5. The van der Waals surface area contributed by atoms with Crippen molar-refractivity contribution in [2.75, 3.05) is 0 Å². The quantitative estimate of drug-likeness (QED) is 0.659. The smallest absolute Gasteiger partial charge is 0.311 e. The van der Waals surface area contributed by atoms with Gasteiger partial charge in [-0.2, -0.15) is 0 Å². The first-order valence-corrected chi connectivity index (χ1v) is 6.28. The van der Waals surface area contributed by atoms with Crippen LogP contribution < -0.4 is 4.74 Å². The molecular formula is C16H16O3. The van der Waals surface area contributed by atoms with Gasteiger partial charge in [-0.25, -0.2) is 0 Å². The van der Waals surface area contributed by atoms with E-state index in [4.69, 9.17) is 4.74 Å². The highest BCUT2D eigenvalue weighted by molar-refractivity contribution is 5.73. The molecule has 3 heteroatoms. The van der Waals surface area contributed by atoms with Crippen molar-refractivity contribution in [3.63, 3.8) is 0 Å². The number of rotatable bonds is 5. The first kappa shape index (κ1) is 13.1. The van der Waals surface area contributed by atoms with E-state index in [-0.39, 0.29) is 17.5 Å². The van der Waals surface area contributed by atoms with E-state index >= 15 is 0 Å². The van der Waals surface area contributed by atoms with Gasteiger partial charge in [0.05, 0.1) is 0 Å². The van der Waals surface area contributed by atoms with Crippen LogP contribution in [0.3, 0.4) is 0 Å².